The smallest absolute Gasteiger partial charge is 0.462 e. The summed E-state index contributed by atoms with van der Waals surface area (Å²) in [6.07, 6.45) is 70.8. The Morgan fingerprint density at radius 1 is 0.255 bits per heavy atom. The fraction of sp³-hybridized carbons (Fsp3) is 0.954. The molecule has 0 amide bonds. The van der Waals surface area contributed by atoms with Crippen molar-refractivity contribution in [2.75, 3.05) is 39.6 Å². The van der Waals surface area contributed by atoms with E-state index >= 15 is 0 Å². The van der Waals surface area contributed by atoms with Gasteiger partial charge in [-0.1, -0.05) is 414 Å². The molecular weight excluding hydrogens is 1380 g/mol. The number of rotatable bonds is 86. The fourth-order valence-corrected chi connectivity index (χ4v) is 15.2. The van der Waals surface area contributed by atoms with E-state index in [9.17, 15) is 43.2 Å². The van der Waals surface area contributed by atoms with Crippen LogP contribution in [0.4, 0.5) is 0 Å². The second kappa shape index (κ2) is 78.3. The monoisotopic (exact) mass is 1550 g/mol. The molecule has 0 aliphatic rings. The SMILES string of the molecule is CCCCCCCCCCCCCCCCCCCCC(=O)OC[C@H](COP(=O)(O)OC[C@@H](O)COP(=O)(O)OC[C@@H](COC(=O)CCCCCCCCCCCC)OC(=O)CCCCCCCCCCCCCCCCC(C)C)OC(=O)CCCCCCCCCCCCCCCCCCCCC(C)C. The van der Waals surface area contributed by atoms with Gasteiger partial charge in [0.25, 0.3) is 0 Å². The third-order valence-corrected chi connectivity index (χ3v) is 22.4. The summed E-state index contributed by atoms with van der Waals surface area (Å²) < 4.78 is 68.9. The van der Waals surface area contributed by atoms with Gasteiger partial charge in [0.15, 0.2) is 12.2 Å². The summed E-state index contributed by atoms with van der Waals surface area (Å²) in [5.41, 5.74) is 0. The standard InChI is InChI=1S/C87H170O17P2/c1-7-9-11-13-15-17-19-20-21-22-26-29-35-40-46-52-58-64-70-85(90)98-76-83(104-86(91)71-65-59-53-47-41-36-30-27-24-23-25-28-33-38-43-49-55-61-67-79(3)4)78-102-106(95,96)100-74-81(88)73-99-105(93,94)101-77-82(75-97-84(89)69-63-57-51-45-18-16-14-12-10-8-2)103-87(92)72-66-60-54-48-42-37-32-31-34-39-44-50-56-62-68-80(5)6/h79-83,88H,7-78H2,1-6H3,(H,93,94)(H,95,96)/t81-,82+,83+/m0/s1. The van der Waals surface area contributed by atoms with Crippen LogP contribution in [-0.2, 0) is 65.4 Å². The highest BCUT2D eigenvalue weighted by Crippen LogP contribution is 2.45. The highest BCUT2D eigenvalue weighted by molar-refractivity contribution is 7.47. The van der Waals surface area contributed by atoms with E-state index in [0.29, 0.717) is 25.7 Å². The van der Waals surface area contributed by atoms with Crippen LogP contribution in [0.5, 0.6) is 0 Å². The van der Waals surface area contributed by atoms with Crippen LogP contribution in [0.25, 0.3) is 0 Å². The molecule has 19 heteroatoms. The minimum atomic E-state index is -4.97. The zero-order chi connectivity index (χ0) is 77.8. The summed E-state index contributed by atoms with van der Waals surface area (Å²) in [6.45, 7) is 9.73. The molecule has 0 rings (SSSR count). The molecule has 0 fully saturated rings. The van der Waals surface area contributed by atoms with E-state index in [4.69, 9.17) is 37.0 Å². The second-order valence-electron chi connectivity index (χ2n) is 32.2. The Kier molecular flexibility index (Phi) is 76.9. The lowest BCUT2D eigenvalue weighted by Gasteiger charge is -2.21. The number of phosphoric acid groups is 2. The van der Waals surface area contributed by atoms with Crippen LogP contribution < -0.4 is 0 Å². The molecule has 0 radical (unpaired) electrons. The van der Waals surface area contributed by atoms with Crippen LogP contribution in [0.15, 0.2) is 0 Å². The Morgan fingerprint density at radius 3 is 0.642 bits per heavy atom. The summed E-state index contributed by atoms with van der Waals surface area (Å²) >= 11 is 0. The molecule has 630 valence electrons. The maximum absolute atomic E-state index is 13.2. The zero-order valence-electron chi connectivity index (χ0n) is 69.7. The number of ether oxygens (including phenoxy) is 4. The van der Waals surface area contributed by atoms with E-state index in [2.05, 4.69) is 41.5 Å². The molecule has 0 bridgehead atoms. The van der Waals surface area contributed by atoms with Crippen LogP contribution in [0.2, 0.25) is 0 Å². The average molecular weight is 1550 g/mol. The van der Waals surface area contributed by atoms with Crippen molar-refractivity contribution in [3.63, 3.8) is 0 Å². The highest BCUT2D eigenvalue weighted by Gasteiger charge is 2.30. The van der Waals surface area contributed by atoms with Crippen molar-refractivity contribution >= 4 is 39.5 Å². The molecule has 0 aromatic carbocycles. The van der Waals surface area contributed by atoms with Crippen molar-refractivity contribution in [1.82, 2.24) is 0 Å². The van der Waals surface area contributed by atoms with Gasteiger partial charge in [0.05, 0.1) is 26.4 Å². The van der Waals surface area contributed by atoms with Crippen molar-refractivity contribution in [3.8, 4) is 0 Å². The van der Waals surface area contributed by atoms with E-state index in [1.807, 2.05) is 0 Å². The van der Waals surface area contributed by atoms with Crippen molar-refractivity contribution in [2.45, 2.75) is 484 Å². The number of carbonyl (C=O) groups excluding carboxylic acids is 4. The third kappa shape index (κ3) is 80.1. The van der Waals surface area contributed by atoms with E-state index in [1.54, 1.807) is 0 Å². The number of hydrogen-bond donors (Lipinski definition) is 3. The normalized spacial score (nSPS) is 13.8. The average Bonchev–Trinajstić information content (AvgIpc) is 0.900. The number of esters is 4. The molecule has 0 aliphatic carbocycles. The Morgan fingerprint density at radius 2 is 0.434 bits per heavy atom. The van der Waals surface area contributed by atoms with Crippen molar-refractivity contribution in [3.05, 3.63) is 0 Å². The Hall–Kier alpha value is -1.94. The van der Waals surface area contributed by atoms with Gasteiger partial charge in [0.2, 0.25) is 0 Å². The first kappa shape index (κ1) is 104. The van der Waals surface area contributed by atoms with Gasteiger partial charge in [0, 0.05) is 25.7 Å². The van der Waals surface area contributed by atoms with Crippen LogP contribution in [0, 0.1) is 11.8 Å². The number of carbonyl (C=O) groups is 4. The lowest BCUT2D eigenvalue weighted by molar-refractivity contribution is -0.161. The number of aliphatic hydroxyl groups is 1. The molecule has 0 spiro atoms. The molecule has 106 heavy (non-hydrogen) atoms. The Bertz CT molecular complexity index is 2030. The highest BCUT2D eigenvalue weighted by atomic mass is 31.2. The van der Waals surface area contributed by atoms with Gasteiger partial charge < -0.3 is 33.8 Å². The molecule has 0 saturated heterocycles. The predicted molar refractivity (Wildman–Crippen MR) is 437 cm³/mol. The summed E-state index contributed by atoms with van der Waals surface area (Å²) in [4.78, 5) is 73.2. The van der Waals surface area contributed by atoms with E-state index < -0.39 is 97.5 Å². The molecule has 3 N–H and O–H groups in total. The van der Waals surface area contributed by atoms with Gasteiger partial charge in [0.1, 0.15) is 19.3 Å². The van der Waals surface area contributed by atoms with Crippen LogP contribution >= 0.6 is 15.6 Å². The Labute approximate surface area is 651 Å². The van der Waals surface area contributed by atoms with Crippen LogP contribution in [0.1, 0.15) is 465 Å². The summed E-state index contributed by atoms with van der Waals surface area (Å²) in [7, 11) is -9.93. The topological polar surface area (TPSA) is 237 Å². The number of phosphoric ester groups is 2. The largest absolute Gasteiger partial charge is 0.472 e. The van der Waals surface area contributed by atoms with Crippen LogP contribution in [0.3, 0.4) is 0 Å². The Balaban J connectivity index is 5.22. The fourth-order valence-electron chi connectivity index (χ4n) is 13.6. The summed E-state index contributed by atoms with van der Waals surface area (Å²) in [6, 6.07) is 0. The molecule has 0 heterocycles. The third-order valence-electron chi connectivity index (χ3n) is 20.5. The first-order chi connectivity index (χ1) is 51.4. The maximum atomic E-state index is 13.2. The minimum Gasteiger partial charge on any atom is -0.462 e. The lowest BCUT2D eigenvalue weighted by Crippen LogP contribution is -2.30. The lowest BCUT2D eigenvalue weighted by atomic mass is 10.0. The van der Waals surface area contributed by atoms with Gasteiger partial charge in [-0.05, 0) is 37.5 Å². The van der Waals surface area contributed by atoms with Crippen molar-refractivity contribution in [1.29, 1.82) is 0 Å². The minimum absolute atomic E-state index is 0.108. The van der Waals surface area contributed by atoms with Crippen molar-refractivity contribution in [2.24, 2.45) is 11.8 Å². The molecule has 2 unspecified atom stereocenters. The zero-order valence-corrected chi connectivity index (χ0v) is 71.5. The molecule has 0 saturated carbocycles. The van der Waals surface area contributed by atoms with E-state index in [1.165, 1.54) is 283 Å². The predicted octanol–water partition coefficient (Wildman–Crippen LogP) is 26.6. The van der Waals surface area contributed by atoms with Gasteiger partial charge in [-0.25, -0.2) is 9.13 Å². The molecule has 17 nitrogen and oxygen atoms in total. The quantitative estimate of drug-likeness (QED) is 0.0222. The second-order valence-corrected chi connectivity index (χ2v) is 35.1. The maximum Gasteiger partial charge on any atom is 0.472 e. The first-order valence-corrected chi connectivity index (χ1v) is 48.0. The molecular formula is C87H170O17P2. The molecule has 0 aromatic rings. The number of hydrogen-bond acceptors (Lipinski definition) is 15. The molecule has 5 atom stereocenters. The van der Waals surface area contributed by atoms with E-state index in [0.717, 1.165) is 102 Å². The number of unbranched alkanes of at least 4 members (excludes halogenated alkanes) is 56. The van der Waals surface area contributed by atoms with Crippen molar-refractivity contribution < 1.29 is 80.2 Å². The van der Waals surface area contributed by atoms with E-state index in [-0.39, 0.29) is 25.7 Å². The van der Waals surface area contributed by atoms with Gasteiger partial charge in [-0.3, -0.25) is 37.3 Å². The van der Waals surface area contributed by atoms with Gasteiger partial charge in [-0.2, -0.15) is 0 Å². The molecule has 0 aromatic heterocycles. The summed E-state index contributed by atoms with van der Waals surface area (Å²) in [5, 5.41) is 10.7. The number of aliphatic hydroxyl groups excluding tert-OH is 1. The van der Waals surface area contributed by atoms with Gasteiger partial charge >= 0.3 is 39.5 Å². The van der Waals surface area contributed by atoms with Gasteiger partial charge in [-0.15, -0.1) is 0 Å². The van der Waals surface area contributed by atoms with Crippen LogP contribution in [-0.4, -0.2) is 96.7 Å². The first-order valence-electron chi connectivity index (χ1n) is 45.0. The summed E-state index contributed by atoms with van der Waals surface area (Å²) in [5.74, 6) is -0.484. The molecule has 0 aliphatic heterocycles.